The minimum atomic E-state index is -0.114. The van der Waals surface area contributed by atoms with E-state index in [2.05, 4.69) is 178 Å². The molecular formula is C50H57N. The average molecular weight is 672 g/mol. The molecule has 0 fully saturated rings. The summed E-state index contributed by atoms with van der Waals surface area (Å²) in [5.41, 5.74) is 19.8. The van der Waals surface area contributed by atoms with Crippen LogP contribution in [0.3, 0.4) is 0 Å². The van der Waals surface area contributed by atoms with Gasteiger partial charge < -0.3 is 4.90 Å². The van der Waals surface area contributed by atoms with E-state index in [1.165, 1.54) is 98.4 Å². The van der Waals surface area contributed by atoms with Crippen LogP contribution in [0, 0.1) is 6.92 Å². The zero-order valence-electron chi connectivity index (χ0n) is 33.0. The molecule has 3 aliphatic carbocycles. The van der Waals surface area contributed by atoms with Crippen molar-refractivity contribution >= 4 is 17.1 Å². The van der Waals surface area contributed by atoms with E-state index >= 15 is 0 Å². The Morgan fingerprint density at radius 2 is 1.02 bits per heavy atom. The fourth-order valence-corrected chi connectivity index (χ4v) is 10.2. The Hall–Kier alpha value is -4.10. The normalized spacial score (nSPS) is 19.7. The molecule has 0 unspecified atom stereocenters. The van der Waals surface area contributed by atoms with E-state index in [1.807, 2.05) is 0 Å². The van der Waals surface area contributed by atoms with Crippen molar-refractivity contribution in [3.05, 3.63) is 136 Å². The highest BCUT2D eigenvalue weighted by atomic mass is 15.1. The Morgan fingerprint density at radius 3 is 1.73 bits per heavy atom. The molecule has 5 aromatic rings. The lowest BCUT2D eigenvalue weighted by Crippen LogP contribution is -2.35. The highest BCUT2D eigenvalue weighted by Gasteiger charge is 2.43. The van der Waals surface area contributed by atoms with E-state index in [4.69, 9.17) is 0 Å². The first-order valence-electron chi connectivity index (χ1n) is 19.4. The van der Waals surface area contributed by atoms with Crippen molar-refractivity contribution in [3.8, 4) is 22.3 Å². The fourth-order valence-electron chi connectivity index (χ4n) is 10.2. The Bertz CT molecular complexity index is 2190. The molecule has 0 saturated carbocycles. The molecule has 0 N–H and O–H groups in total. The average Bonchev–Trinajstić information content (AvgIpc) is 3.31. The van der Waals surface area contributed by atoms with E-state index in [0.717, 1.165) is 0 Å². The molecule has 5 aromatic carbocycles. The Kier molecular flexibility index (Phi) is 7.47. The van der Waals surface area contributed by atoms with Crippen LogP contribution < -0.4 is 4.90 Å². The molecule has 0 radical (unpaired) electrons. The van der Waals surface area contributed by atoms with E-state index in [1.54, 1.807) is 5.56 Å². The van der Waals surface area contributed by atoms with Gasteiger partial charge in [0.2, 0.25) is 0 Å². The molecule has 0 bridgehead atoms. The summed E-state index contributed by atoms with van der Waals surface area (Å²) in [6.45, 7) is 26.8. The van der Waals surface area contributed by atoms with Gasteiger partial charge in [0.1, 0.15) is 0 Å². The SMILES string of the molecule is Cc1ccc(-c2cc3c(cc2N(c2ccccc2)c2ccc4c(c2)C(C)(C)CCC4(C)C)C(C)(C)c2ccccc2-3)c2c1C(C)(C)CCC2(C)C. The molecular weight excluding hydrogens is 615 g/mol. The van der Waals surface area contributed by atoms with Crippen molar-refractivity contribution in [3.63, 3.8) is 0 Å². The van der Waals surface area contributed by atoms with Crippen molar-refractivity contribution in [1.29, 1.82) is 0 Å². The molecule has 1 heteroatoms. The van der Waals surface area contributed by atoms with E-state index in [-0.39, 0.29) is 27.1 Å². The summed E-state index contributed by atoms with van der Waals surface area (Å²) in [5.74, 6) is 0. The van der Waals surface area contributed by atoms with Gasteiger partial charge in [0.25, 0.3) is 0 Å². The van der Waals surface area contributed by atoms with Crippen LogP contribution in [0.1, 0.15) is 134 Å². The second kappa shape index (κ2) is 11.2. The van der Waals surface area contributed by atoms with Gasteiger partial charge in [0.05, 0.1) is 5.69 Å². The largest absolute Gasteiger partial charge is 0.310 e. The number of nitrogens with zero attached hydrogens (tertiary/aromatic N) is 1. The second-order valence-corrected chi connectivity index (χ2v) is 19.2. The summed E-state index contributed by atoms with van der Waals surface area (Å²) in [7, 11) is 0. The third kappa shape index (κ3) is 5.16. The Labute approximate surface area is 308 Å². The topological polar surface area (TPSA) is 3.24 Å². The van der Waals surface area contributed by atoms with Gasteiger partial charge in [-0.05, 0) is 146 Å². The molecule has 1 nitrogen and oxygen atoms in total. The maximum atomic E-state index is 2.58. The summed E-state index contributed by atoms with van der Waals surface area (Å²) in [6, 6.07) is 37.6. The number of aryl methyl sites for hydroxylation is 1. The first kappa shape index (κ1) is 34.0. The van der Waals surface area contributed by atoms with E-state index in [0.29, 0.717) is 0 Å². The molecule has 3 aliphatic rings. The van der Waals surface area contributed by atoms with Gasteiger partial charge >= 0.3 is 0 Å². The lowest BCUT2D eigenvalue weighted by atomic mass is 9.60. The van der Waals surface area contributed by atoms with Gasteiger partial charge in [-0.25, -0.2) is 0 Å². The quantitative estimate of drug-likeness (QED) is 0.184. The van der Waals surface area contributed by atoms with Gasteiger partial charge in [0.15, 0.2) is 0 Å². The van der Waals surface area contributed by atoms with Crippen LogP contribution in [0.15, 0.2) is 97.1 Å². The molecule has 0 atom stereocenters. The third-order valence-electron chi connectivity index (χ3n) is 13.5. The molecule has 0 aliphatic heterocycles. The fraction of sp³-hybridized carbons (Fsp3) is 0.400. The molecule has 0 saturated heterocycles. The summed E-state index contributed by atoms with van der Waals surface area (Å²) >= 11 is 0. The minimum absolute atomic E-state index is 0.0542. The highest BCUT2D eigenvalue weighted by Crippen LogP contribution is 2.57. The highest BCUT2D eigenvalue weighted by molar-refractivity contribution is 5.96. The second-order valence-electron chi connectivity index (χ2n) is 19.2. The van der Waals surface area contributed by atoms with Crippen LogP contribution >= 0.6 is 0 Å². The predicted octanol–water partition coefficient (Wildman–Crippen LogP) is 14.1. The van der Waals surface area contributed by atoms with Crippen LogP contribution in [0.25, 0.3) is 22.3 Å². The molecule has 0 amide bonds. The zero-order chi connectivity index (χ0) is 36.3. The molecule has 0 aromatic heterocycles. The predicted molar refractivity (Wildman–Crippen MR) is 219 cm³/mol. The number of fused-ring (bicyclic) bond motifs is 5. The van der Waals surface area contributed by atoms with Gasteiger partial charge in [0, 0.05) is 22.4 Å². The number of hydrogen-bond acceptors (Lipinski definition) is 1. The van der Waals surface area contributed by atoms with Crippen molar-refractivity contribution in [2.24, 2.45) is 0 Å². The van der Waals surface area contributed by atoms with Gasteiger partial charge in [-0.15, -0.1) is 0 Å². The third-order valence-corrected chi connectivity index (χ3v) is 13.5. The minimum Gasteiger partial charge on any atom is -0.310 e. The van der Waals surface area contributed by atoms with Gasteiger partial charge in [-0.2, -0.15) is 0 Å². The molecule has 51 heavy (non-hydrogen) atoms. The van der Waals surface area contributed by atoms with Crippen LogP contribution in [-0.4, -0.2) is 0 Å². The number of rotatable bonds is 4. The summed E-state index contributed by atoms with van der Waals surface area (Å²) in [6.07, 6.45) is 4.79. The first-order valence-corrected chi connectivity index (χ1v) is 19.4. The lowest BCUT2D eigenvalue weighted by Gasteiger charge is -2.44. The monoisotopic (exact) mass is 671 g/mol. The van der Waals surface area contributed by atoms with Crippen molar-refractivity contribution in [1.82, 2.24) is 0 Å². The van der Waals surface area contributed by atoms with Crippen LogP contribution in [0.2, 0.25) is 0 Å². The summed E-state index contributed by atoms with van der Waals surface area (Å²) in [4.78, 5) is 2.58. The van der Waals surface area contributed by atoms with E-state index in [9.17, 15) is 0 Å². The van der Waals surface area contributed by atoms with Crippen molar-refractivity contribution in [2.75, 3.05) is 4.90 Å². The lowest BCUT2D eigenvalue weighted by molar-refractivity contribution is 0.331. The van der Waals surface area contributed by atoms with Crippen LogP contribution in [0.5, 0.6) is 0 Å². The van der Waals surface area contributed by atoms with Crippen molar-refractivity contribution < 1.29 is 0 Å². The number of anilines is 3. The van der Waals surface area contributed by atoms with Gasteiger partial charge in [-0.1, -0.05) is 130 Å². The Balaban J connectivity index is 1.49. The summed E-state index contributed by atoms with van der Waals surface area (Å²) in [5, 5.41) is 0. The standard InChI is InChI=1S/C50H57N/c1-32-21-23-36(45-44(32)48(6,7)27-28-49(45,8)9)38-30-37-35-19-15-16-20-39(35)50(10,11)41(37)31-43(38)51(33-17-13-12-14-18-33)34-22-24-40-42(29-34)47(4,5)26-25-46(40,2)3/h12-24,29-31H,25-28H2,1-11H3. The molecule has 0 heterocycles. The first-order chi connectivity index (χ1) is 23.9. The molecule has 8 rings (SSSR count). The van der Waals surface area contributed by atoms with Crippen molar-refractivity contribution in [2.45, 2.75) is 129 Å². The van der Waals surface area contributed by atoms with Crippen LogP contribution in [-0.2, 0) is 27.1 Å². The maximum Gasteiger partial charge on any atom is 0.0543 e. The smallest absolute Gasteiger partial charge is 0.0543 e. The molecule has 0 spiro atoms. The van der Waals surface area contributed by atoms with Crippen LogP contribution in [0.4, 0.5) is 17.1 Å². The zero-order valence-corrected chi connectivity index (χ0v) is 33.0. The number of hydrogen-bond donors (Lipinski definition) is 0. The Morgan fingerprint density at radius 1 is 0.412 bits per heavy atom. The van der Waals surface area contributed by atoms with Gasteiger partial charge in [-0.3, -0.25) is 0 Å². The number of benzene rings is 5. The maximum absolute atomic E-state index is 2.58. The summed E-state index contributed by atoms with van der Waals surface area (Å²) < 4.78 is 0. The number of para-hydroxylation sites is 1. The van der Waals surface area contributed by atoms with E-state index < -0.39 is 0 Å². The molecule has 262 valence electrons.